The molecule has 2 rings (SSSR count). The normalized spacial score (nSPS) is 12.5. The number of aromatic nitrogens is 4. The van der Waals surface area contributed by atoms with Crippen LogP contribution in [0.15, 0.2) is 23.0 Å². The first-order valence-corrected chi connectivity index (χ1v) is 7.48. The maximum Gasteiger partial charge on any atom is 0.348 e. The number of nitrogens with two attached hydrogens (primary N) is 1. The Hall–Kier alpha value is -1.96. The quantitative estimate of drug-likeness (QED) is 0.454. The predicted octanol–water partition coefficient (Wildman–Crippen LogP) is 0.173. The molecule has 2 heterocycles. The van der Waals surface area contributed by atoms with Gasteiger partial charge in [-0.2, -0.15) is 4.98 Å². The summed E-state index contributed by atoms with van der Waals surface area (Å²) in [4.78, 5) is 39.2. The summed E-state index contributed by atoms with van der Waals surface area (Å²) in [7, 11) is -4.09. The van der Waals surface area contributed by atoms with Gasteiger partial charge in [0.1, 0.15) is 0 Å². The van der Waals surface area contributed by atoms with Crippen molar-refractivity contribution in [1.82, 2.24) is 19.5 Å². The highest BCUT2D eigenvalue weighted by atomic mass is 31.2. The van der Waals surface area contributed by atoms with E-state index in [9.17, 15) is 9.36 Å². The van der Waals surface area contributed by atoms with Crippen molar-refractivity contribution in [3.8, 4) is 0 Å². The van der Waals surface area contributed by atoms with Crippen LogP contribution < -0.4 is 11.3 Å². The Morgan fingerprint density at radius 3 is 2.95 bits per heavy atom. The number of nitrogens with zero attached hydrogens (tertiary/aromatic N) is 3. The highest BCUT2D eigenvalue weighted by molar-refractivity contribution is 7.55. The van der Waals surface area contributed by atoms with E-state index in [-0.39, 0.29) is 11.5 Å². The first kappa shape index (κ1) is 14.4. The average Bonchev–Trinajstić information content (AvgIpc) is 2.70. The number of nitrogens with one attached hydrogen (secondary N) is 1. The molecule has 2 aromatic heterocycles. The minimum absolute atomic E-state index is 0.0191. The number of aryl methyl sites for hydroxylation is 1. The highest BCUT2D eigenvalue weighted by Crippen LogP contribution is 2.36. The van der Waals surface area contributed by atoms with E-state index >= 15 is 0 Å². The number of rotatable bonds is 5. The summed E-state index contributed by atoms with van der Waals surface area (Å²) in [6, 6.07) is 0. The standard InChI is InChI=1S/C10H14N5O4P/c11-10-13-8-7(9(16)14-10)12-6-15(8)4-2-1-3-5-20(17,18)19/h3,5-6H,1-2,4H2,(H2,17,18,19)(H3,11,13,14,16). The summed E-state index contributed by atoms with van der Waals surface area (Å²) in [6.45, 7) is 0.512. The van der Waals surface area contributed by atoms with E-state index in [4.69, 9.17) is 15.5 Å². The number of H-pyrrole nitrogens is 1. The van der Waals surface area contributed by atoms with E-state index < -0.39 is 13.2 Å². The minimum Gasteiger partial charge on any atom is -0.369 e. The molecule has 0 aliphatic rings. The molecule has 0 saturated carbocycles. The topological polar surface area (TPSA) is 147 Å². The van der Waals surface area contributed by atoms with Crippen LogP contribution in [0, 0.1) is 0 Å². The molecule has 0 amide bonds. The second kappa shape index (κ2) is 5.58. The van der Waals surface area contributed by atoms with Gasteiger partial charge in [-0.3, -0.25) is 14.3 Å². The number of unbranched alkanes of at least 4 members (excludes halogenated alkanes) is 1. The van der Waals surface area contributed by atoms with Crippen LogP contribution in [0.4, 0.5) is 5.95 Å². The lowest BCUT2D eigenvalue weighted by Crippen LogP contribution is -2.12. The smallest absolute Gasteiger partial charge is 0.348 e. The third kappa shape index (κ3) is 3.53. The SMILES string of the molecule is Nc1nc2c(ncn2CCCC=CP(=O)(O)O)c(=O)[nH]1. The van der Waals surface area contributed by atoms with Crippen molar-refractivity contribution >= 4 is 24.7 Å². The molecule has 0 aliphatic carbocycles. The van der Waals surface area contributed by atoms with E-state index in [1.165, 1.54) is 12.4 Å². The van der Waals surface area contributed by atoms with Crippen LogP contribution in [0.1, 0.15) is 12.8 Å². The number of imidazole rings is 1. The average molecular weight is 299 g/mol. The largest absolute Gasteiger partial charge is 0.369 e. The zero-order chi connectivity index (χ0) is 14.8. The summed E-state index contributed by atoms with van der Waals surface area (Å²) in [5.74, 6) is 0.894. The van der Waals surface area contributed by atoms with Crippen LogP contribution in [0.25, 0.3) is 11.2 Å². The van der Waals surface area contributed by atoms with Crippen molar-refractivity contribution in [1.29, 1.82) is 0 Å². The number of fused-ring (bicyclic) bond motifs is 1. The Morgan fingerprint density at radius 1 is 1.50 bits per heavy atom. The molecule has 0 aliphatic heterocycles. The van der Waals surface area contributed by atoms with Gasteiger partial charge in [-0.25, -0.2) is 4.98 Å². The number of nitrogen functional groups attached to an aromatic ring is 1. The van der Waals surface area contributed by atoms with Gasteiger partial charge in [-0.05, 0) is 12.8 Å². The van der Waals surface area contributed by atoms with Gasteiger partial charge in [0.25, 0.3) is 5.56 Å². The van der Waals surface area contributed by atoms with Crippen LogP contribution in [0.3, 0.4) is 0 Å². The van der Waals surface area contributed by atoms with Crippen LogP contribution in [0.2, 0.25) is 0 Å². The monoisotopic (exact) mass is 299 g/mol. The Morgan fingerprint density at radius 2 is 2.25 bits per heavy atom. The molecule has 0 bridgehead atoms. The Kier molecular flexibility index (Phi) is 4.03. The van der Waals surface area contributed by atoms with Gasteiger partial charge in [0.2, 0.25) is 5.95 Å². The van der Waals surface area contributed by atoms with Crippen molar-refractivity contribution in [2.45, 2.75) is 19.4 Å². The molecule has 0 radical (unpaired) electrons. The molecule has 9 nitrogen and oxygen atoms in total. The maximum atomic E-state index is 11.6. The third-order valence-corrected chi connectivity index (χ3v) is 3.16. The van der Waals surface area contributed by atoms with E-state index in [1.807, 2.05) is 0 Å². The van der Waals surface area contributed by atoms with Gasteiger partial charge in [0, 0.05) is 12.4 Å². The van der Waals surface area contributed by atoms with Gasteiger partial charge in [-0.15, -0.1) is 0 Å². The van der Waals surface area contributed by atoms with Gasteiger partial charge < -0.3 is 20.1 Å². The summed E-state index contributed by atoms with van der Waals surface area (Å²) in [5, 5.41) is 0. The maximum absolute atomic E-state index is 11.6. The molecule has 108 valence electrons. The molecule has 0 spiro atoms. The lowest BCUT2D eigenvalue weighted by Gasteiger charge is -2.02. The third-order valence-electron chi connectivity index (χ3n) is 2.56. The van der Waals surface area contributed by atoms with Crippen LogP contribution in [-0.4, -0.2) is 29.3 Å². The second-order valence-corrected chi connectivity index (χ2v) is 5.65. The highest BCUT2D eigenvalue weighted by Gasteiger charge is 2.08. The molecule has 0 aromatic carbocycles. The molecule has 0 atom stereocenters. The fourth-order valence-corrected chi connectivity index (χ4v) is 2.15. The zero-order valence-electron chi connectivity index (χ0n) is 10.4. The molecule has 0 unspecified atom stereocenters. The van der Waals surface area contributed by atoms with Crippen LogP contribution in [-0.2, 0) is 11.1 Å². The Balaban J connectivity index is 2.06. The number of aromatic amines is 1. The van der Waals surface area contributed by atoms with Crippen molar-refractivity contribution < 1.29 is 14.4 Å². The zero-order valence-corrected chi connectivity index (χ0v) is 11.3. The summed E-state index contributed by atoms with van der Waals surface area (Å²) < 4.78 is 12.3. The van der Waals surface area contributed by atoms with Gasteiger partial charge in [-0.1, -0.05) is 6.08 Å². The van der Waals surface area contributed by atoms with Gasteiger partial charge in [0.05, 0.1) is 6.33 Å². The fourth-order valence-electron chi connectivity index (χ4n) is 1.73. The van der Waals surface area contributed by atoms with E-state index in [1.54, 1.807) is 4.57 Å². The van der Waals surface area contributed by atoms with E-state index in [0.717, 1.165) is 5.82 Å². The number of anilines is 1. The van der Waals surface area contributed by atoms with Crippen molar-refractivity contribution in [2.75, 3.05) is 5.73 Å². The number of hydrogen-bond donors (Lipinski definition) is 4. The molecule has 5 N–H and O–H groups in total. The first-order chi connectivity index (χ1) is 9.37. The van der Waals surface area contributed by atoms with Crippen molar-refractivity contribution in [2.24, 2.45) is 0 Å². The summed E-state index contributed by atoms with van der Waals surface area (Å²) in [5.41, 5.74) is 5.68. The first-order valence-electron chi connectivity index (χ1n) is 5.80. The fraction of sp³-hybridized carbons (Fsp3) is 0.300. The predicted molar refractivity (Wildman–Crippen MR) is 73.0 cm³/mol. The summed E-state index contributed by atoms with van der Waals surface area (Å²) >= 11 is 0. The molecule has 2 aromatic rings. The molecule has 10 heteroatoms. The molecule has 0 fully saturated rings. The van der Waals surface area contributed by atoms with Gasteiger partial charge in [0.15, 0.2) is 11.2 Å². The van der Waals surface area contributed by atoms with Crippen molar-refractivity contribution in [3.05, 3.63) is 28.6 Å². The number of allylic oxidation sites excluding steroid dienone is 1. The number of hydrogen-bond acceptors (Lipinski definition) is 5. The molecule has 0 saturated heterocycles. The minimum atomic E-state index is -4.09. The molecular formula is C10H14N5O4P. The van der Waals surface area contributed by atoms with E-state index in [0.29, 0.717) is 25.0 Å². The lowest BCUT2D eigenvalue weighted by molar-refractivity contribution is 0.386. The van der Waals surface area contributed by atoms with Crippen LogP contribution >= 0.6 is 7.60 Å². The lowest BCUT2D eigenvalue weighted by atomic mass is 10.3. The van der Waals surface area contributed by atoms with Crippen LogP contribution in [0.5, 0.6) is 0 Å². The van der Waals surface area contributed by atoms with E-state index in [2.05, 4.69) is 15.0 Å². The molecular weight excluding hydrogens is 285 g/mol. The second-order valence-electron chi connectivity index (χ2n) is 4.18. The van der Waals surface area contributed by atoms with Gasteiger partial charge >= 0.3 is 7.60 Å². The van der Waals surface area contributed by atoms with Crippen molar-refractivity contribution in [3.63, 3.8) is 0 Å². The Labute approximate surface area is 113 Å². The summed E-state index contributed by atoms with van der Waals surface area (Å²) in [6.07, 6.45) is 4.02. The molecule has 20 heavy (non-hydrogen) atoms. The Bertz CT molecular complexity index is 744.